The molecular formula is C25H23N3O4. The van der Waals surface area contributed by atoms with Gasteiger partial charge in [-0.3, -0.25) is 14.3 Å². The maximum absolute atomic E-state index is 13.3. The van der Waals surface area contributed by atoms with E-state index in [1.807, 2.05) is 30.3 Å². The Hall–Kier alpha value is -3.89. The van der Waals surface area contributed by atoms with Crippen molar-refractivity contribution in [2.45, 2.75) is 25.9 Å². The van der Waals surface area contributed by atoms with Gasteiger partial charge in [-0.05, 0) is 36.8 Å². The van der Waals surface area contributed by atoms with Crippen molar-refractivity contribution >= 4 is 5.97 Å². The van der Waals surface area contributed by atoms with E-state index in [-0.39, 0.29) is 11.1 Å². The second kappa shape index (κ2) is 9.08. The van der Waals surface area contributed by atoms with E-state index < -0.39 is 17.7 Å². The summed E-state index contributed by atoms with van der Waals surface area (Å²) in [6.07, 6.45) is 0.579. The number of nitrogens with one attached hydrogen (secondary N) is 1. The molecule has 1 aliphatic rings. The van der Waals surface area contributed by atoms with Crippen LogP contribution in [0.4, 0.5) is 0 Å². The third-order valence-corrected chi connectivity index (χ3v) is 5.71. The lowest BCUT2D eigenvalue weighted by atomic mass is 10.0. The van der Waals surface area contributed by atoms with Crippen molar-refractivity contribution in [3.05, 3.63) is 103 Å². The third kappa shape index (κ3) is 4.41. The first kappa shape index (κ1) is 21.3. The van der Waals surface area contributed by atoms with Gasteiger partial charge in [-0.15, -0.1) is 0 Å². The van der Waals surface area contributed by atoms with E-state index in [0.717, 1.165) is 5.56 Å². The molecule has 7 nitrogen and oxygen atoms in total. The second-order valence-corrected chi connectivity index (χ2v) is 7.79. The first-order valence-electron chi connectivity index (χ1n) is 10.4. The van der Waals surface area contributed by atoms with E-state index in [2.05, 4.69) is 21.7 Å². The molecular weight excluding hydrogens is 406 g/mol. The van der Waals surface area contributed by atoms with Crippen LogP contribution in [-0.2, 0) is 13.0 Å². The Morgan fingerprint density at radius 2 is 1.84 bits per heavy atom. The number of aromatic carboxylic acids is 1. The van der Waals surface area contributed by atoms with Crippen LogP contribution in [0.3, 0.4) is 0 Å². The van der Waals surface area contributed by atoms with Crippen molar-refractivity contribution in [2.24, 2.45) is 0 Å². The molecule has 32 heavy (non-hydrogen) atoms. The van der Waals surface area contributed by atoms with Crippen LogP contribution in [0.2, 0.25) is 0 Å². The highest BCUT2D eigenvalue weighted by molar-refractivity contribution is 5.87. The van der Waals surface area contributed by atoms with E-state index in [1.54, 1.807) is 19.1 Å². The van der Waals surface area contributed by atoms with Gasteiger partial charge in [0.2, 0.25) is 0 Å². The van der Waals surface area contributed by atoms with Crippen molar-refractivity contribution in [3.8, 4) is 11.8 Å². The number of aromatic amines is 1. The van der Waals surface area contributed by atoms with Gasteiger partial charge >= 0.3 is 11.7 Å². The van der Waals surface area contributed by atoms with Crippen LogP contribution in [0.25, 0.3) is 0 Å². The summed E-state index contributed by atoms with van der Waals surface area (Å²) >= 11 is 0. The molecule has 0 spiro atoms. The number of hydrogen-bond donors (Lipinski definition) is 2. The van der Waals surface area contributed by atoms with Crippen LogP contribution in [0.1, 0.15) is 45.7 Å². The summed E-state index contributed by atoms with van der Waals surface area (Å²) in [5.41, 5.74) is 2.26. The molecule has 1 aliphatic heterocycles. The van der Waals surface area contributed by atoms with Crippen molar-refractivity contribution in [1.82, 2.24) is 14.5 Å². The Kier molecular flexibility index (Phi) is 6.06. The number of fused-ring (bicyclic) bond motifs is 1. The topological polar surface area (TPSA) is 95.4 Å². The quantitative estimate of drug-likeness (QED) is 0.621. The molecule has 1 atom stereocenters. The number of carboxylic acid groups (broad SMARTS) is 1. The molecule has 4 rings (SSSR count). The highest BCUT2D eigenvalue weighted by Crippen LogP contribution is 2.18. The number of aromatic nitrogens is 2. The summed E-state index contributed by atoms with van der Waals surface area (Å²) < 4.78 is 1.20. The van der Waals surface area contributed by atoms with Gasteiger partial charge in [0, 0.05) is 30.8 Å². The SMILES string of the molecule is CC(c1ccc(C(=O)O)cc1)n1c(=O)[nH]c2c(c1=O)CN(CC#Cc1ccccc1)CC2. The maximum atomic E-state index is 13.3. The molecule has 0 saturated carbocycles. The Balaban J connectivity index is 1.58. The van der Waals surface area contributed by atoms with E-state index >= 15 is 0 Å². The van der Waals surface area contributed by atoms with Crippen LogP contribution >= 0.6 is 0 Å². The summed E-state index contributed by atoms with van der Waals surface area (Å²) in [7, 11) is 0. The van der Waals surface area contributed by atoms with Gasteiger partial charge in [0.05, 0.1) is 23.7 Å². The monoisotopic (exact) mass is 429 g/mol. The summed E-state index contributed by atoms with van der Waals surface area (Å²) in [5, 5.41) is 9.08. The molecule has 1 unspecified atom stereocenters. The predicted octanol–water partition coefficient (Wildman–Crippen LogP) is 2.25. The fourth-order valence-corrected chi connectivity index (χ4v) is 3.90. The van der Waals surface area contributed by atoms with Crippen LogP contribution in [0.15, 0.2) is 64.2 Å². The zero-order valence-corrected chi connectivity index (χ0v) is 17.7. The summed E-state index contributed by atoms with van der Waals surface area (Å²) in [6, 6.07) is 15.4. The first-order valence-corrected chi connectivity index (χ1v) is 10.4. The number of rotatable bonds is 4. The van der Waals surface area contributed by atoms with Gasteiger partial charge in [-0.1, -0.05) is 42.2 Å². The number of H-pyrrole nitrogens is 1. The molecule has 2 N–H and O–H groups in total. The van der Waals surface area contributed by atoms with Gasteiger partial charge in [-0.2, -0.15) is 0 Å². The van der Waals surface area contributed by atoms with Gasteiger partial charge in [-0.25, -0.2) is 9.59 Å². The average Bonchev–Trinajstić information content (AvgIpc) is 2.80. The van der Waals surface area contributed by atoms with E-state index in [0.29, 0.717) is 42.9 Å². The van der Waals surface area contributed by atoms with Gasteiger partial charge in [0.1, 0.15) is 0 Å². The lowest BCUT2D eigenvalue weighted by molar-refractivity contribution is 0.0697. The second-order valence-electron chi connectivity index (χ2n) is 7.79. The Labute approximate surface area is 185 Å². The van der Waals surface area contributed by atoms with Crippen molar-refractivity contribution in [1.29, 1.82) is 0 Å². The normalized spacial score (nSPS) is 14.2. The van der Waals surface area contributed by atoms with Crippen LogP contribution < -0.4 is 11.2 Å². The molecule has 2 aromatic carbocycles. The van der Waals surface area contributed by atoms with Crippen molar-refractivity contribution < 1.29 is 9.90 Å². The molecule has 1 aromatic heterocycles. The number of nitrogens with zero attached hydrogens (tertiary/aromatic N) is 2. The molecule has 0 fully saturated rings. The highest BCUT2D eigenvalue weighted by atomic mass is 16.4. The standard InChI is InChI=1S/C25H23N3O4/c1-17(19-9-11-20(12-10-19)24(30)31)28-23(29)21-16-27(15-13-22(21)26-25(28)32)14-5-8-18-6-3-2-4-7-18/h2-4,6-7,9-12,17H,13-16H2,1H3,(H,26,32)(H,30,31). The largest absolute Gasteiger partial charge is 0.478 e. The molecule has 0 saturated heterocycles. The fraction of sp³-hybridized carbons (Fsp3) is 0.240. The van der Waals surface area contributed by atoms with E-state index in [4.69, 9.17) is 5.11 Å². The van der Waals surface area contributed by atoms with Gasteiger partial charge in [0.15, 0.2) is 0 Å². The van der Waals surface area contributed by atoms with Gasteiger partial charge in [0.25, 0.3) is 5.56 Å². The first-order chi connectivity index (χ1) is 15.4. The average molecular weight is 429 g/mol. The Morgan fingerprint density at radius 1 is 1.12 bits per heavy atom. The number of carboxylic acids is 1. The zero-order chi connectivity index (χ0) is 22.7. The molecule has 7 heteroatoms. The minimum atomic E-state index is -1.02. The summed E-state index contributed by atoms with van der Waals surface area (Å²) in [4.78, 5) is 42.0. The number of carbonyl (C=O) groups is 1. The minimum absolute atomic E-state index is 0.153. The maximum Gasteiger partial charge on any atom is 0.335 e. The molecule has 0 bridgehead atoms. The van der Waals surface area contributed by atoms with E-state index in [1.165, 1.54) is 16.7 Å². The Morgan fingerprint density at radius 3 is 2.53 bits per heavy atom. The summed E-state index contributed by atoms with van der Waals surface area (Å²) in [6.45, 7) is 3.41. The lowest BCUT2D eigenvalue weighted by Crippen LogP contribution is -2.45. The van der Waals surface area contributed by atoms with Gasteiger partial charge < -0.3 is 10.1 Å². The molecule has 0 radical (unpaired) electrons. The smallest absolute Gasteiger partial charge is 0.335 e. The van der Waals surface area contributed by atoms with E-state index in [9.17, 15) is 14.4 Å². The predicted molar refractivity (Wildman–Crippen MR) is 121 cm³/mol. The van der Waals surface area contributed by atoms with Crippen LogP contribution in [0, 0.1) is 11.8 Å². The number of hydrogen-bond acceptors (Lipinski definition) is 4. The molecule has 0 aliphatic carbocycles. The summed E-state index contributed by atoms with van der Waals surface area (Å²) in [5.74, 6) is 5.26. The molecule has 3 aromatic rings. The van der Waals surface area contributed by atoms with Crippen molar-refractivity contribution in [2.75, 3.05) is 13.1 Å². The molecule has 0 amide bonds. The number of benzene rings is 2. The van der Waals surface area contributed by atoms with Crippen LogP contribution in [-0.4, -0.2) is 38.6 Å². The zero-order valence-electron chi connectivity index (χ0n) is 17.7. The molecule has 162 valence electrons. The minimum Gasteiger partial charge on any atom is -0.478 e. The lowest BCUT2D eigenvalue weighted by Gasteiger charge is -2.27. The fourth-order valence-electron chi connectivity index (χ4n) is 3.90. The molecule has 2 heterocycles. The Bertz CT molecular complexity index is 1310. The van der Waals surface area contributed by atoms with Crippen LogP contribution in [0.5, 0.6) is 0 Å². The highest BCUT2D eigenvalue weighted by Gasteiger charge is 2.24. The van der Waals surface area contributed by atoms with Crippen molar-refractivity contribution in [3.63, 3.8) is 0 Å². The third-order valence-electron chi connectivity index (χ3n) is 5.71.